The Morgan fingerprint density at radius 2 is 0.679 bits per heavy atom. The molecule has 0 amide bonds. The summed E-state index contributed by atoms with van der Waals surface area (Å²) in [4.78, 5) is 0. The van der Waals surface area contributed by atoms with Gasteiger partial charge >= 0.3 is 35.6 Å². The first-order valence-electron chi connectivity index (χ1n) is 11.3. The molecule has 2 aliphatic rings. The second-order valence-electron chi connectivity index (χ2n) is 9.36. The van der Waals surface area contributed by atoms with Gasteiger partial charge in [-0.05, 0) is 0 Å². The van der Waals surface area contributed by atoms with E-state index in [9.17, 15) is 0 Å². The molecule has 0 heterocycles. The van der Waals surface area contributed by atoms with E-state index in [1.54, 1.807) is 15.8 Å². The summed E-state index contributed by atoms with van der Waals surface area (Å²) in [6.45, 7) is 14.3. The molecular formula is C24H53AlCl2Ti-2. The van der Waals surface area contributed by atoms with Crippen molar-refractivity contribution in [3.05, 3.63) is 14.9 Å². The fourth-order valence-corrected chi connectivity index (χ4v) is 8.63. The van der Waals surface area contributed by atoms with Gasteiger partial charge in [0.15, 0.2) is 0 Å². The van der Waals surface area contributed by atoms with Gasteiger partial charge in [0.25, 0.3) is 14.1 Å². The first-order valence-corrected chi connectivity index (χ1v) is 18.0. The van der Waals surface area contributed by atoms with E-state index in [1.165, 1.54) is 64.2 Å². The molecule has 0 unspecified atom stereocenters. The Hall–Kier alpha value is 1.83. The van der Waals surface area contributed by atoms with Crippen LogP contribution < -0.4 is 0 Å². The molecule has 2 aliphatic carbocycles. The first kappa shape index (κ1) is 37.2. The van der Waals surface area contributed by atoms with E-state index in [0.29, 0.717) is 0 Å². The predicted octanol–water partition coefficient (Wildman–Crippen LogP) is 10.6. The van der Waals surface area contributed by atoms with Gasteiger partial charge < -0.3 is 14.9 Å². The molecular weight excluding hydrogens is 434 g/mol. The van der Waals surface area contributed by atoms with Crippen molar-refractivity contribution < 1.29 is 17.0 Å². The molecule has 28 heavy (non-hydrogen) atoms. The Labute approximate surface area is 202 Å². The summed E-state index contributed by atoms with van der Waals surface area (Å²) in [5.41, 5.74) is 0. The topological polar surface area (TPSA) is 0 Å². The van der Waals surface area contributed by atoms with Crippen molar-refractivity contribution in [3.63, 3.8) is 0 Å². The average Bonchev–Trinajstić information content (AvgIpc) is 3.25. The van der Waals surface area contributed by atoms with Crippen LogP contribution in [0.25, 0.3) is 0 Å². The van der Waals surface area contributed by atoms with Crippen LogP contribution in [0.1, 0.15) is 106 Å². The van der Waals surface area contributed by atoms with E-state index in [0.717, 1.165) is 17.8 Å². The zero-order chi connectivity index (χ0) is 20.2. The molecule has 0 saturated heterocycles. The molecule has 0 spiro atoms. The molecule has 0 N–H and O–H groups in total. The summed E-state index contributed by atoms with van der Waals surface area (Å²) in [5, 5.41) is 4.66. The second-order valence-corrected chi connectivity index (χ2v) is 15.1. The zero-order valence-electron chi connectivity index (χ0n) is 20.8. The van der Waals surface area contributed by atoms with Gasteiger partial charge in [-0.15, -0.1) is 0 Å². The van der Waals surface area contributed by atoms with Crippen LogP contribution in [0, 0.1) is 32.6 Å². The molecule has 0 atom stereocenters. The zero-order valence-corrected chi connectivity index (χ0v) is 25.0. The molecule has 2 saturated carbocycles. The van der Waals surface area contributed by atoms with Gasteiger partial charge in [-0.1, -0.05) is 139 Å². The molecule has 0 aliphatic heterocycles. The summed E-state index contributed by atoms with van der Waals surface area (Å²) in [5.74, 6) is 2.78. The molecule has 0 radical (unpaired) electrons. The van der Waals surface area contributed by atoms with Crippen LogP contribution in [0.4, 0.5) is 0 Å². The van der Waals surface area contributed by atoms with Crippen molar-refractivity contribution >= 4 is 32.8 Å². The van der Waals surface area contributed by atoms with Crippen LogP contribution in [0.15, 0.2) is 0 Å². The summed E-state index contributed by atoms with van der Waals surface area (Å²) in [6, 6.07) is 0. The van der Waals surface area contributed by atoms with Crippen molar-refractivity contribution in [3.8, 4) is 0 Å². The van der Waals surface area contributed by atoms with Crippen LogP contribution in [0.3, 0.4) is 0 Å². The molecule has 2 rings (SSSR count). The third kappa shape index (κ3) is 35.3. The second kappa shape index (κ2) is 28.8. The Morgan fingerprint density at radius 1 is 0.536 bits per heavy atom. The maximum absolute atomic E-state index is 4.89. The van der Waals surface area contributed by atoms with Crippen LogP contribution in [0.2, 0.25) is 15.8 Å². The van der Waals surface area contributed by atoms with Gasteiger partial charge in [0, 0.05) is 0 Å². The number of rotatable bonds is 6. The quantitative estimate of drug-likeness (QED) is 0.258. The monoisotopic (exact) mass is 486 g/mol. The Morgan fingerprint density at radius 3 is 0.786 bits per heavy atom. The van der Waals surface area contributed by atoms with Gasteiger partial charge in [-0.25, -0.2) is 0 Å². The van der Waals surface area contributed by atoms with Gasteiger partial charge in [-0.2, -0.15) is 0 Å². The Kier molecular flexibility index (Phi) is 38.3. The van der Waals surface area contributed by atoms with Crippen molar-refractivity contribution in [1.29, 1.82) is 0 Å². The van der Waals surface area contributed by atoms with E-state index in [1.807, 2.05) is 0 Å². The van der Waals surface area contributed by atoms with Crippen LogP contribution >= 0.6 is 18.6 Å². The van der Waals surface area contributed by atoms with E-state index >= 15 is 0 Å². The van der Waals surface area contributed by atoms with Crippen molar-refractivity contribution in [2.75, 3.05) is 0 Å². The predicted molar refractivity (Wildman–Crippen MR) is 135 cm³/mol. The van der Waals surface area contributed by atoms with Crippen LogP contribution in [0.5, 0.6) is 0 Å². The van der Waals surface area contributed by atoms with E-state index < -0.39 is 31.2 Å². The Balaban J connectivity index is -0.000000158. The van der Waals surface area contributed by atoms with Crippen LogP contribution in [-0.4, -0.2) is 14.1 Å². The van der Waals surface area contributed by atoms with Gasteiger partial charge in [-0.3, -0.25) is 0 Å². The third-order valence-corrected chi connectivity index (χ3v) is 9.74. The molecule has 0 aromatic heterocycles. The summed E-state index contributed by atoms with van der Waals surface area (Å²) in [7, 11) is 9.78. The SMILES string of the molecule is C1CCCC1.C1CCCC1.CC(C)[CH2][Al]([CH2]C(C)C)[CH2]C(C)C.[CH3-].[CH3-].[Cl][Ti][Cl]. The number of hydrogen-bond donors (Lipinski definition) is 0. The maximum atomic E-state index is 4.89. The summed E-state index contributed by atoms with van der Waals surface area (Å²) in [6.07, 6.45) is 15.0. The minimum absolute atomic E-state index is 0. The molecule has 0 bridgehead atoms. The van der Waals surface area contributed by atoms with E-state index in [4.69, 9.17) is 18.6 Å². The molecule has 0 aromatic carbocycles. The molecule has 0 aromatic rings. The first-order chi connectivity index (χ1) is 12.3. The van der Waals surface area contributed by atoms with Crippen molar-refractivity contribution in [1.82, 2.24) is 0 Å². The van der Waals surface area contributed by atoms with Gasteiger partial charge in [0.1, 0.15) is 0 Å². The summed E-state index contributed by atoms with van der Waals surface area (Å²) >= 11 is -0.963. The Bertz CT molecular complexity index is 204. The van der Waals surface area contributed by atoms with E-state index in [-0.39, 0.29) is 14.9 Å². The molecule has 0 nitrogen and oxygen atoms in total. The van der Waals surface area contributed by atoms with Crippen molar-refractivity contribution in [2.24, 2.45) is 17.8 Å². The molecule has 172 valence electrons. The minimum atomic E-state index is -0.556. The van der Waals surface area contributed by atoms with E-state index in [2.05, 4.69) is 41.5 Å². The third-order valence-electron chi connectivity index (χ3n) is 4.91. The molecule has 2 fully saturated rings. The normalized spacial score (nSPS) is 14.5. The van der Waals surface area contributed by atoms with Gasteiger partial charge in [0.05, 0.1) is 0 Å². The standard InChI is InChI=1S/2C5H10.3C4H9.2CH3.Al.2ClH.Ti/c2*1-2-4-5-3-1;3*1-4(2)3;;;;;;/h2*1-5H2;3*4H,1H2,2-3H3;2*1H3;;2*1H;/q;;;;;2*-1;;;;+2/p-2. The average molecular weight is 487 g/mol. The number of halogens is 2. The fourth-order valence-electron chi connectivity index (χ4n) is 4.06. The van der Waals surface area contributed by atoms with Crippen LogP contribution in [-0.2, 0) is 17.0 Å². The van der Waals surface area contributed by atoms with Crippen molar-refractivity contribution in [2.45, 2.75) is 122 Å². The van der Waals surface area contributed by atoms with Gasteiger partial charge in [0.2, 0.25) is 0 Å². The summed E-state index contributed by atoms with van der Waals surface area (Å²) < 4.78 is 0. The number of hydrogen-bond acceptors (Lipinski definition) is 0. The molecule has 4 heteroatoms. The fraction of sp³-hybridized carbons (Fsp3) is 0.917.